The van der Waals surface area contributed by atoms with Crippen LogP contribution in [0.5, 0.6) is 0 Å². The second-order valence-electron chi connectivity index (χ2n) is 7.30. The molecule has 8 heteroatoms. The van der Waals surface area contributed by atoms with Crippen LogP contribution in [0.4, 0.5) is 10.8 Å². The first-order chi connectivity index (χ1) is 14.8. The zero-order chi connectivity index (χ0) is 22.4. The van der Waals surface area contributed by atoms with Crippen molar-refractivity contribution in [3.05, 3.63) is 64.7 Å². The molecule has 0 spiro atoms. The smallest absolute Gasteiger partial charge is 0.216 e. The highest BCUT2D eigenvalue weighted by Gasteiger charge is 2.19. The van der Waals surface area contributed by atoms with Crippen LogP contribution in [0.2, 0.25) is 0 Å². The Morgan fingerprint density at radius 2 is 1.84 bits per heavy atom. The molecule has 1 aromatic heterocycles. The van der Waals surface area contributed by atoms with Crippen LogP contribution in [0.1, 0.15) is 40.9 Å². The van der Waals surface area contributed by atoms with Gasteiger partial charge >= 0.3 is 0 Å². The molecule has 0 saturated carbocycles. The zero-order valence-corrected chi connectivity index (χ0v) is 19.7. The minimum absolute atomic E-state index is 0.0401. The van der Waals surface area contributed by atoms with Crippen LogP contribution >= 0.6 is 23.1 Å². The van der Waals surface area contributed by atoms with E-state index in [0.717, 1.165) is 22.0 Å². The number of Topliss-reactive ketones (excluding diaryl/α,β-unsaturated/α-hetero) is 1. The summed E-state index contributed by atoms with van der Waals surface area (Å²) in [5, 5.41) is 15.0. The molecule has 0 fully saturated rings. The fourth-order valence-electron chi connectivity index (χ4n) is 2.97. The standard InChI is InChI=1S/C23H26N4O2S2/c1-14-6-5-7-20(15(14)2)25-22-26-27-23(31-22)30-16(3)21(29)19-10-8-18(9-11-19)12-13-24-17(4)28/h5-11,16H,12-13H2,1-4H3,(H,24,28)(H,25,26). The first-order valence-electron chi connectivity index (χ1n) is 10.0. The molecule has 2 N–H and O–H groups in total. The molecule has 6 nitrogen and oxygen atoms in total. The number of ketones is 1. The molecule has 162 valence electrons. The lowest BCUT2D eigenvalue weighted by atomic mass is 10.0. The number of carbonyl (C=O) groups is 2. The second kappa shape index (κ2) is 10.5. The molecule has 3 aromatic rings. The molecule has 1 unspecified atom stereocenters. The van der Waals surface area contributed by atoms with Crippen LogP contribution in [0.3, 0.4) is 0 Å². The maximum absolute atomic E-state index is 12.8. The van der Waals surface area contributed by atoms with Gasteiger partial charge in [0.1, 0.15) is 0 Å². The summed E-state index contributed by atoms with van der Waals surface area (Å²) in [6, 6.07) is 13.7. The highest BCUT2D eigenvalue weighted by Crippen LogP contribution is 2.32. The van der Waals surface area contributed by atoms with E-state index in [1.54, 1.807) is 0 Å². The van der Waals surface area contributed by atoms with Gasteiger partial charge in [-0.2, -0.15) is 0 Å². The van der Waals surface area contributed by atoms with Gasteiger partial charge in [0.15, 0.2) is 10.1 Å². The monoisotopic (exact) mass is 454 g/mol. The molecule has 0 radical (unpaired) electrons. The summed E-state index contributed by atoms with van der Waals surface area (Å²) < 4.78 is 0.751. The van der Waals surface area contributed by atoms with E-state index in [4.69, 9.17) is 0 Å². The van der Waals surface area contributed by atoms with Crippen LogP contribution in [0.15, 0.2) is 46.8 Å². The largest absolute Gasteiger partial charge is 0.356 e. The van der Waals surface area contributed by atoms with E-state index in [9.17, 15) is 9.59 Å². The Labute approximate surface area is 190 Å². The lowest BCUT2D eigenvalue weighted by Gasteiger charge is -2.09. The first-order valence-corrected chi connectivity index (χ1v) is 11.7. The number of hydrogen-bond acceptors (Lipinski definition) is 7. The van der Waals surface area contributed by atoms with E-state index >= 15 is 0 Å². The summed E-state index contributed by atoms with van der Waals surface area (Å²) in [5.41, 5.74) is 5.15. The fraction of sp³-hybridized carbons (Fsp3) is 0.304. The summed E-state index contributed by atoms with van der Waals surface area (Å²) >= 11 is 2.85. The molecule has 0 bridgehead atoms. The van der Waals surface area contributed by atoms with Crippen molar-refractivity contribution in [2.45, 2.75) is 43.7 Å². The third-order valence-corrected chi connectivity index (χ3v) is 6.95. The summed E-state index contributed by atoms with van der Waals surface area (Å²) in [5.74, 6) is 0.0133. The average molecular weight is 455 g/mol. The number of aryl methyl sites for hydroxylation is 1. The van der Waals surface area contributed by atoms with Gasteiger partial charge < -0.3 is 10.6 Å². The van der Waals surface area contributed by atoms with Crippen LogP contribution in [0.25, 0.3) is 0 Å². The van der Waals surface area contributed by atoms with Crippen LogP contribution < -0.4 is 10.6 Å². The molecule has 0 aliphatic rings. The van der Waals surface area contributed by atoms with Gasteiger partial charge in [-0.25, -0.2) is 0 Å². The van der Waals surface area contributed by atoms with E-state index in [2.05, 4.69) is 40.7 Å². The van der Waals surface area contributed by atoms with E-state index in [1.165, 1.54) is 41.1 Å². The van der Waals surface area contributed by atoms with Gasteiger partial charge in [-0.05, 0) is 49.9 Å². The molecule has 1 atom stereocenters. The second-order valence-corrected chi connectivity index (χ2v) is 9.87. The van der Waals surface area contributed by atoms with E-state index in [-0.39, 0.29) is 16.9 Å². The predicted octanol–water partition coefficient (Wildman–Crippen LogP) is 4.94. The minimum Gasteiger partial charge on any atom is -0.356 e. The Kier molecular flexibility index (Phi) is 7.81. The molecule has 2 aromatic carbocycles. The number of rotatable bonds is 9. The van der Waals surface area contributed by atoms with Gasteiger partial charge in [-0.15, -0.1) is 10.2 Å². The van der Waals surface area contributed by atoms with Crippen molar-refractivity contribution in [2.24, 2.45) is 0 Å². The zero-order valence-electron chi connectivity index (χ0n) is 18.1. The van der Waals surface area contributed by atoms with Crippen molar-refractivity contribution >= 4 is 45.6 Å². The number of amides is 1. The van der Waals surface area contributed by atoms with Crippen molar-refractivity contribution in [1.82, 2.24) is 15.5 Å². The number of aromatic nitrogens is 2. The lowest BCUT2D eigenvalue weighted by Crippen LogP contribution is -2.22. The first kappa shape index (κ1) is 23.0. The van der Waals surface area contributed by atoms with Crippen molar-refractivity contribution in [2.75, 3.05) is 11.9 Å². The van der Waals surface area contributed by atoms with Crippen LogP contribution in [-0.2, 0) is 11.2 Å². The quantitative estimate of drug-likeness (QED) is 0.352. The van der Waals surface area contributed by atoms with Gasteiger partial charge in [0.25, 0.3) is 0 Å². The fourth-order valence-corrected chi connectivity index (χ4v) is 4.95. The average Bonchev–Trinajstić information content (AvgIpc) is 3.18. The highest BCUT2D eigenvalue weighted by atomic mass is 32.2. The Bertz CT molecular complexity index is 1060. The molecular formula is C23H26N4O2S2. The molecular weight excluding hydrogens is 428 g/mol. The third kappa shape index (κ3) is 6.38. The predicted molar refractivity (Wildman–Crippen MR) is 128 cm³/mol. The maximum atomic E-state index is 12.8. The molecule has 0 saturated heterocycles. The van der Waals surface area contributed by atoms with Crippen molar-refractivity contribution in [3.63, 3.8) is 0 Å². The Balaban J connectivity index is 1.57. The summed E-state index contributed by atoms with van der Waals surface area (Å²) in [6.45, 7) is 8.12. The van der Waals surface area contributed by atoms with Gasteiger partial charge in [0, 0.05) is 24.7 Å². The lowest BCUT2D eigenvalue weighted by molar-refractivity contribution is -0.118. The number of hydrogen-bond donors (Lipinski definition) is 2. The minimum atomic E-state index is -0.272. The van der Waals surface area contributed by atoms with Gasteiger partial charge in [-0.3, -0.25) is 9.59 Å². The molecule has 31 heavy (non-hydrogen) atoms. The molecule has 3 rings (SSSR count). The number of nitrogens with zero attached hydrogens (tertiary/aromatic N) is 2. The molecule has 0 aliphatic heterocycles. The van der Waals surface area contributed by atoms with Crippen LogP contribution in [0, 0.1) is 13.8 Å². The normalized spacial score (nSPS) is 11.7. The van der Waals surface area contributed by atoms with Crippen molar-refractivity contribution < 1.29 is 9.59 Å². The molecule has 1 amide bonds. The number of carbonyl (C=O) groups excluding carboxylic acids is 2. The topological polar surface area (TPSA) is 84.0 Å². The van der Waals surface area contributed by atoms with E-state index in [0.29, 0.717) is 17.2 Å². The number of thioether (sulfide) groups is 1. The van der Waals surface area contributed by atoms with E-state index < -0.39 is 0 Å². The number of benzene rings is 2. The SMILES string of the molecule is CC(=O)NCCc1ccc(C(=O)C(C)Sc2nnc(Nc3cccc(C)c3C)s2)cc1. The Hall–Kier alpha value is -2.71. The van der Waals surface area contributed by atoms with Crippen LogP contribution in [-0.4, -0.2) is 33.7 Å². The van der Waals surface area contributed by atoms with Crippen molar-refractivity contribution in [3.8, 4) is 0 Å². The summed E-state index contributed by atoms with van der Waals surface area (Å²) in [4.78, 5) is 23.8. The molecule has 1 heterocycles. The van der Waals surface area contributed by atoms with Crippen molar-refractivity contribution in [1.29, 1.82) is 0 Å². The van der Waals surface area contributed by atoms with E-state index in [1.807, 2.05) is 43.3 Å². The summed E-state index contributed by atoms with van der Waals surface area (Å²) in [6.07, 6.45) is 0.735. The van der Waals surface area contributed by atoms with Gasteiger partial charge in [0.2, 0.25) is 11.0 Å². The Morgan fingerprint density at radius 3 is 2.55 bits per heavy atom. The maximum Gasteiger partial charge on any atom is 0.216 e. The number of anilines is 2. The Morgan fingerprint density at radius 1 is 1.10 bits per heavy atom. The molecule has 0 aliphatic carbocycles. The number of nitrogens with one attached hydrogen (secondary N) is 2. The highest BCUT2D eigenvalue weighted by molar-refractivity contribution is 8.02. The van der Waals surface area contributed by atoms with Gasteiger partial charge in [-0.1, -0.05) is 59.5 Å². The van der Waals surface area contributed by atoms with Gasteiger partial charge in [0.05, 0.1) is 5.25 Å². The summed E-state index contributed by atoms with van der Waals surface area (Å²) in [7, 11) is 0. The third-order valence-electron chi connectivity index (χ3n) is 4.93.